The zero-order valence-electron chi connectivity index (χ0n) is 12.9. The maximum absolute atomic E-state index is 12.2. The standard InChI is InChI=1S/C15H25F3O2Si/c1-4-9-19-11-12-20-10-6-5-7-13-21(2,3)14-8-15(16,17)18/h4H,1,5-6,8-12,14H2,2-3H3. The summed E-state index contributed by atoms with van der Waals surface area (Å²) in [5, 5.41) is 0. The minimum atomic E-state index is -4.08. The molecule has 2 nitrogen and oxygen atoms in total. The Bertz CT molecular complexity index is 343. The first-order chi connectivity index (χ1) is 9.77. The smallest absolute Gasteiger partial charge is 0.379 e. The van der Waals surface area contributed by atoms with E-state index in [1.165, 1.54) is 0 Å². The molecule has 0 aliphatic heterocycles. The Morgan fingerprint density at radius 1 is 1.14 bits per heavy atom. The molecule has 0 rings (SSSR count). The summed E-state index contributed by atoms with van der Waals surface area (Å²) in [7, 11) is -2.05. The maximum atomic E-state index is 12.2. The Morgan fingerprint density at radius 2 is 1.81 bits per heavy atom. The van der Waals surface area contributed by atoms with Crippen LogP contribution < -0.4 is 0 Å². The number of unbranched alkanes of at least 4 members (excludes halogenated alkanes) is 1. The molecule has 0 aromatic heterocycles. The fraction of sp³-hybridized carbons (Fsp3) is 0.733. The number of hydrogen-bond acceptors (Lipinski definition) is 2. The van der Waals surface area contributed by atoms with E-state index >= 15 is 0 Å². The van der Waals surface area contributed by atoms with E-state index in [9.17, 15) is 13.2 Å². The van der Waals surface area contributed by atoms with Crippen molar-refractivity contribution in [2.45, 2.75) is 44.6 Å². The van der Waals surface area contributed by atoms with E-state index in [4.69, 9.17) is 9.47 Å². The van der Waals surface area contributed by atoms with E-state index in [1.54, 1.807) is 6.08 Å². The maximum Gasteiger partial charge on any atom is 0.388 e. The van der Waals surface area contributed by atoms with Crippen molar-refractivity contribution in [1.29, 1.82) is 0 Å². The van der Waals surface area contributed by atoms with E-state index in [2.05, 4.69) is 18.0 Å². The Kier molecular flexibility index (Phi) is 10.5. The highest BCUT2D eigenvalue weighted by atomic mass is 28.3. The summed E-state index contributed by atoms with van der Waals surface area (Å²) in [5.74, 6) is 2.99. The van der Waals surface area contributed by atoms with Gasteiger partial charge in [-0.25, -0.2) is 0 Å². The van der Waals surface area contributed by atoms with E-state index in [-0.39, 0.29) is 6.04 Å². The fourth-order valence-electron chi connectivity index (χ4n) is 1.47. The number of hydrogen-bond donors (Lipinski definition) is 0. The molecule has 0 amide bonds. The summed E-state index contributed by atoms with van der Waals surface area (Å²) in [4.78, 5) is 0. The fourth-order valence-corrected chi connectivity index (χ4v) is 3.10. The van der Waals surface area contributed by atoms with Gasteiger partial charge in [0.25, 0.3) is 0 Å². The van der Waals surface area contributed by atoms with E-state index < -0.39 is 20.7 Å². The molecule has 0 atom stereocenters. The molecule has 0 saturated carbocycles. The number of rotatable bonds is 10. The second-order valence-corrected chi connectivity index (χ2v) is 9.90. The lowest BCUT2D eigenvalue weighted by atomic mass is 10.3. The minimum Gasteiger partial charge on any atom is -0.379 e. The molecule has 0 aliphatic carbocycles. The zero-order chi connectivity index (χ0) is 16.2. The van der Waals surface area contributed by atoms with Crippen molar-refractivity contribution in [1.82, 2.24) is 0 Å². The molecule has 122 valence electrons. The predicted octanol–water partition coefficient (Wildman–Crippen LogP) is 4.19. The van der Waals surface area contributed by atoms with Crippen molar-refractivity contribution in [3.63, 3.8) is 0 Å². The number of ether oxygens (including phenoxy) is 2. The molecule has 0 radical (unpaired) electrons. The van der Waals surface area contributed by atoms with Crippen LogP contribution in [-0.2, 0) is 9.47 Å². The molecule has 0 bridgehead atoms. The van der Waals surface area contributed by atoms with Crippen LogP contribution in [0.5, 0.6) is 0 Å². The third-order valence-electron chi connectivity index (χ3n) is 2.66. The Balaban J connectivity index is 3.65. The predicted molar refractivity (Wildman–Crippen MR) is 81.8 cm³/mol. The molecule has 6 heteroatoms. The van der Waals surface area contributed by atoms with Crippen molar-refractivity contribution in [3.8, 4) is 11.5 Å². The molecule has 0 spiro atoms. The summed E-state index contributed by atoms with van der Waals surface area (Å²) in [6.07, 6.45) is -1.67. The second kappa shape index (κ2) is 10.9. The van der Waals surface area contributed by atoms with Crippen LogP contribution in [-0.4, -0.2) is 40.7 Å². The van der Waals surface area contributed by atoms with Crippen LogP contribution in [0.15, 0.2) is 12.7 Å². The molecule has 0 aliphatic rings. The third kappa shape index (κ3) is 15.4. The van der Waals surface area contributed by atoms with Gasteiger partial charge in [-0.05, 0) is 12.5 Å². The minimum absolute atomic E-state index is 0.167. The lowest BCUT2D eigenvalue weighted by Crippen LogP contribution is -2.26. The molecule has 21 heavy (non-hydrogen) atoms. The summed E-state index contributed by atoms with van der Waals surface area (Å²) < 4.78 is 47.0. The highest BCUT2D eigenvalue weighted by Crippen LogP contribution is 2.25. The van der Waals surface area contributed by atoms with E-state index in [0.717, 1.165) is 6.42 Å². The van der Waals surface area contributed by atoms with Gasteiger partial charge in [0.1, 0.15) is 8.07 Å². The van der Waals surface area contributed by atoms with Crippen LogP contribution in [0.25, 0.3) is 0 Å². The largest absolute Gasteiger partial charge is 0.388 e. The van der Waals surface area contributed by atoms with Gasteiger partial charge in [-0.3, -0.25) is 0 Å². The van der Waals surface area contributed by atoms with Gasteiger partial charge in [-0.2, -0.15) is 13.2 Å². The normalized spacial score (nSPS) is 11.9. The van der Waals surface area contributed by atoms with Crippen LogP contribution in [0.1, 0.15) is 19.3 Å². The van der Waals surface area contributed by atoms with Gasteiger partial charge >= 0.3 is 6.18 Å². The van der Waals surface area contributed by atoms with Crippen LogP contribution in [0, 0.1) is 11.5 Å². The molecule has 0 heterocycles. The molecule has 0 aromatic rings. The van der Waals surface area contributed by atoms with Crippen molar-refractivity contribution in [2.24, 2.45) is 0 Å². The molecular weight excluding hydrogens is 297 g/mol. The van der Waals surface area contributed by atoms with Crippen molar-refractivity contribution in [2.75, 3.05) is 26.4 Å². The summed E-state index contributed by atoms with van der Waals surface area (Å²) in [5.41, 5.74) is 3.05. The number of alkyl halides is 3. The average molecular weight is 322 g/mol. The van der Waals surface area contributed by atoms with Gasteiger partial charge in [0.2, 0.25) is 0 Å². The average Bonchev–Trinajstić information content (AvgIpc) is 2.38. The van der Waals surface area contributed by atoms with Crippen LogP contribution in [0.4, 0.5) is 13.2 Å². The lowest BCUT2D eigenvalue weighted by molar-refractivity contribution is -0.130. The quantitative estimate of drug-likeness (QED) is 0.260. The summed E-state index contributed by atoms with van der Waals surface area (Å²) in [6.45, 7) is 9.47. The summed E-state index contributed by atoms with van der Waals surface area (Å²) >= 11 is 0. The number of halogens is 3. The Morgan fingerprint density at radius 3 is 2.43 bits per heavy atom. The second-order valence-electron chi connectivity index (χ2n) is 5.38. The van der Waals surface area contributed by atoms with Crippen LogP contribution >= 0.6 is 0 Å². The van der Waals surface area contributed by atoms with Crippen LogP contribution in [0.2, 0.25) is 19.1 Å². The third-order valence-corrected chi connectivity index (χ3v) is 5.01. The zero-order valence-corrected chi connectivity index (χ0v) is 13.9. The topological polar surface area (TPSA) is 18.5 Å². The lowest BCUT2D eigenvalue weighted by Gasteiger charge is -2.15. The van der Waals surface area contributed by atoms with Gasteiger partial charge < -0.3 is 9.47 Å². The monoisotopic (exact) mass is 322 g/mol. The Hall–Kier alpha value is -0.773. The van der Waals surface area contributed by atoms with Gasteiger partial charge in [-0.1, -0.05) is 19.2 Å². The van der Waals surface area contributed by atoms with Gasteiger partial charge in [0.05, 0.1) is 19.8 Å². The first-order valence-corrected chi connectivity index (χ1v) is 10.3. The molecule has 0 fully saturated rings. The molecule has 0 N–H and O–H groups in total. The molecular formula is C15H25F3O2Si. The van der Waals surface area contributed by atoms with Crippen LogP contribution in [0.3, 0.4) is 0 Å². The van der Waals surface area contributed by atoms with E-state index in [1.807, 2.05) is 13.1 Å². The SMILES string of the molecule is C=CCOCCOCCCC#C[Si](C)(C)CCC(F)(F)F. The first kappa shape index (κ1) is 20.2. The molecule has 0 aromatic carbocycles. The first-order valence-electron chi connectivity index (χ1n) is 7.10. The van der Waals surface area contributed by atoms with Gasteiger partial charge in [-0.15, -0.1) is 18.0 Å². The highest BCUT2D eigenvalue weighted by molar-refractivity contribution is 6.85. The van der Waals surface area contributed by atoms with Gasteiger partial charge in [0.15, 0.2) is 0 Å². The van der Waals surface area contributed by atoms with Crippen molar-refractivity contribution < 1.29 is 22.6 Å². The molecule has 0 unspecified atom stereocenters. The van der Waals surface area contributed by atoms with Crippen molar-refractivity contribution in [3.05, 3.63) is 12.7 Å². The summed E-state index contributed by atoms with van der Waals surface area (Å²) in [6, 6.07) is 0.167. The van der Waals surface area contributed by atoms with Crippen molar-refractivity contribution >= 4 is 8.07 Å². The molecule has 0 saturated heterocycles. The van der Waals surface area contributed by atoms with E-state index in [0.29, 0.717) is 32.8 Å². The Labute approximate surface area is 126 Å². The highest BCUT2D eigenvalue weighted by Gasteiger charge is 2.31. The van der Waals surface area contributed by atoms with Gasteiger partial charge in [0, 0.05) is 19.4 Å².